The molecule has 0 spiro atoms. The Morgan fingerprint density at radius 3 is 2.33 bits per heavy atom. The van der Waals surface area contributed by atoms with Gasteiger partial charge in [0.05, 0.1) is 0 Å². The third-order valence-corrected chi connectivity index (χ3v) is 1.33. The second kappa shape index (κ2) is 8.56. The molecule has 9 heavy (non-hydrogen) atoms. The van der Waals surface area contributed by atoms with Gasteiger partial charge in [-0.3, -0.25) is 0 Å². The molecule has 0 rings (SSSR count). The topological polar surface area (TPSA) is 3.24 Å². The number of unbranched alkanes of at least 4 members (excludes halogenated alkanes) is 1. The second-order valence-electron chi connectivity index (χ2n) is 2.10. The Kier molecular flexibility index (Phi) is 11.7. The van der Waals surface area contributed by atoms with Gasteiger partial charge in [0.2, 0.25) is 0 Å². The minimum Gasteiger partial charge on any atom is -0.343 e. The van der Waals surface area contributed by atoms with E-state index in [4.69, 9.17) is 0 Å². The van der Waals surface area contributed by atoms with E-state index in [0.717, 1.165) is 13.0 Å². The fourth-order valence-corrected chi connectivity index (χ4v) is 0.540. The zero-order valence-electron chi connectivity index (χ0n) is 6.98. The Morgan fingerprint density at radius 1 is 1.44 bits per heavy atom. The number of hydrogen-bond acceptors (Lipinski definition) is 1. The maximum atomic E-state index is 3.77. The SMILES string of the molecule is [CH2-]CCCN(C)CC.[Li+]. The Balaban J connectivity index is 0. The molecule has 0 radical (unpaired) electrons. The molecule has 0 saturated heterocycles. The Labute approximate surface area is 71.0 Å². The van der Waals surface area contributed by atoms with Crippen molar-refractivity contribution < 1.29 is 18.9 Å². The first-order valence-corrected chi connectivity index (χ1v) is 3.29. The van der Waals surface area contributed by atoms with Crippen molar-refractivity contribution in [3.05, 3.63) is 6.92 Å². The monoisotopic (exact) mass is 121 g/mol. The zero-order chi connectivity index (χ0) is 6.41. The van der Waals surface area contributed by atoms with Gasteiger partial charge in [0, 0.05) is 0 Å². The largest absolute Gasteiger partial charge is 1.00 e. The summed E-state index contributed by atoms with van der Waals surface area (Å²) in [6.07, 6.45) is 2.29. The van der Waals surface area contributed by atoms with Crippen LogP contribution < -0.4 is 18.9 Å². The number of nitrogens with zero attached hydrogens (tertiary/aromatic N) is 1. The van der Waals surface area contributed by atoms with Crippen LogP contribution in [0.15, 0.2) is 0 Å². The van der Waals surface area contributed by atoms with Crippen LogP contribution >= 0.6 is 0 Å². The summed E-state index contributed by atoms with van der Waals surface area (Å²) in [7, 11) is 2.13. The molecule has 0 N–H and O–H groups in total. The van der Waals surface area contributed by atoms with Gasteiger partial charge in [-0.15, -0.1) is 0 Å². The molecule has 0 aliphatic rings. The fourth-order valence-electron chi connectivity index (χ4n) is 0.540. The van der Waals surface area contributed by atoms with Crippen molar-refractivity contribution in [2.45, 2.75) is 19.8 Å². The van der Waals surface area contributed by atoms with Crippen LogP contribution in [0, 0.1) is 6.92 Å². The molecule has 0 fully saturated rings. The molecule has 0 aliphatic carbocycles. The molecule has 0 heterocycles. The van der Waals surface area contributed by atoms with E-state index in [2.05, 4.69) is 25.8 Å². The first kappa shape index (κ1) is 12.3. The predicted octanol–water partition coefficient (Wildman–Crippen LogP) is -1.44. The summed E-state index contributed by atoms with van der Waals surface area (Å²) in [6, 6.07) is 0. The van der Waals surface area contributed by atoms with Gasteiger partial charge in [0.15, 0.2) is 0 Å². The van der Waals surface area contributed by atoms with Crippen molar-refractivity contribution in [1.82, 2.24) is 4.90 Å². The van der Waals surface area contributed by atoms with Crippen molar-refractivity contribution in [3.8, 4) is 0 Å². The maximum Gasteiger partial charge on any atom is 1.00 e. The van der Waals surface area contributed by atoms with Crippen LogP contribution in [0.3, 0.4) is 0 Å². The van der Waals surface area contributed by atoms with Gasteiger partial charge in [0.25, 0.3) is 0 Å². The average Bonchev–Trinajstić information content (AvgIpc) is 1.83. The van der Waals surface area contributed by atoms with Gasteiger partial charge < -0.3 is 11.8 Å². The predicted molar refractivity (Wildman–Crippen MR) is 37.8 cm³/mol. The molecule has 0 amide bonds. The number of rotatable bonds is 4. The van der Waals surface area contributed by atoms with E-state index >= 15 is 0 Å². The molecule has 2 heteroatoms. The molecule has 0 bridgehead atoms. The van der Waals surface area contributed by atoms with Crippen molar-refractivity contribution in [1.29, 1.82) is 0 Å². The summed E-state index contributed by atoms with van der Waals surface area (Å²) in [5, 5.41) is 0. The molecular formula is C7H16LiN. The van der Waals surface area contributed by atoms with Crippen LogP contribution in [-0.4, -0.2) is 25.0 Å². The molecule has 0 atom stereocenters. The van der Waals surface area contributed by atoms with E-state index in [1.807, 2.05) is 0 Å². The molecule has 0 saturated carbocycles. The van der Waals surface area contributed by atoms with E-state index in [1.165, 1.54) is 13.0 Å². The molecular weight excluding hydrogens is 105 g/mol. The first-order chi connectivity index (χ1) is 3.81. The van der Waals surface area contributed by atoms with E-state index in [0.29, 0.717) is 0 Å². The Morgan fingerprint density at radius 2 is 2.00 bits per heavy atom. The third-order valence-electron chi connectivity index (χ3n) is 1.33. The van der Waals surface area contributed by atoms with Gasteiger partial charge in [-0.25, -0.2) is 0 Å². The fraction of sp³-hybridized carbons (Fsp3) is 0.857. The summed E-state index contributed by atoms with van der Waals surface area (Å²) < 4.78 is 0. The first-order valence-electron chi connectivity index (χ1n) is 3.29. The van der Waals surface area contributed by atoms with Crippen molar-refractivity contribution >= 4 is 0 Å². The van der Waals surface area contributed by atoms with Crippen LogP contribution in [0.2, 0.25) is 0 Å². The summed E-state index contributed by atoms with van der Waals surface area (Å²) in [6.45, 7) is 8.28. The molecule has 0 aromatic carbocycles. The van der Waals surface area contributed by atoms with Gasteiger partial charge >= 0.3 is 18.9 Å². The summed E-state index contributed by atoms with van der Waals surface area (Å²) in [5.74, 6) is 0. The smallest absolute Gasteiger partial charge is 0.343 e. The van der Waals surface area contributed by atoms with Crippen LogP contribution in [0.5, 0.6) is 0 Å². The minimum atomic E-state index is 0. The molecule has 0 aromatic rings. The van der Waals surface area contributed by atoms with Crippen molar-refractivity contribution in [2.75, 3.05) is 20.1 Å². The molecule has 50 valence electrons. The molecule has 0 aliphatic heterocycles. The zero-order valence-corrected chi connectivity index (χ0v) is 6.98. The van der Waals surface area contributed by atoms with Crippen molar-refractivity contribution in [3.63, 3.8) is 0 Å². The van der Waals surface area contributed by atoms with Gasteiger partial charge in [0.1, 0.15) is 0 Å². The molecule has 1 nitrogen and oxygen atoms in total. The van der Waals surface area contributed by atoms with E-state index in [-0.39, 0.29) is 18.9 Å². The standard InChI is InChI=1S/C7H16N.Li/c1-4-6-7-8(3)5-2;/h1,4-7H2,2-3H3;/q-1;+1. The maximum absolute atomic E-state index is 3.77. The summed E-state index contributed by atoms with van der Waals surface area (Å²) in [5.41, 5.74) is 0. The van der Waals surface area contributed by atoms with Crippen LogP contribution in [0.1, 0.15) is 19.8 Å². The van der Waals surface area contributed by atoms with E-state index in [1.54, 1.807) is 0 Å². The third kappa shape index (κ3) is 8.56. The Bertz CT molecular complexity index is 48.2. The van der Waals surface area contributed by atoms with Crippen LogP contribution in [-0.2, 0) is 0 Å². The second-order valence-corrected chi connectivity index (χ2v) is 2.10. The normalized spacial score (nSPS) is 9.33. The Hall–Kier alpha value is 0.557. The minimum absolute atomic E-state index is 0. The summed E-state index contributed by atoms with van der Waals surface area (Å²) >= 11 is 0. The van der Waals surface area contributed by atoms with Gasteiger partial charge in [-0.1, -0.05) is 13.3 Å². The summed E-state index contributed by atoms with van der Waals surface area (Å²) in [4.78, 5) is 2.30. The number of hydrogen-bond donors (Lipinski definition) is 0. The average molecular weight is 121 g/mol. The van der Waals surface area contributed by atoms with Gasteiger partial charge in [-0.2, -0.15) is 6.42 Å². The van der Waals surface area contributed by atoms with E-state index in [9.17, 15) is 0 Å². The quantitative estimate of drug-likeness (QED) is 0.325. The van der Waals surface area contributed by atoms with Crippen LogP contribution in [0.25, 0.3) is 0 Å². The van der Waals surface area contributed by atoms with Crippen LogP contribution in [0.4, 0.5) is 0 Å². The van der Waals surface area contributed by atoms with E-state index < -0.39 is 0 Å². The van der Waals surface area contributed by atoms with Crippen molar-refractivity contribution in [2.24, 2.45) is 0 Å². The van der Waals surface area contributed by atoms with Gasteiger partial charge in [-0.05, 0) is 20.1 Å². The molecule has 0 unspecified atom stereocenters. The molecule has 0 aromatic heterocycles.